The fourth-order valence-corrected chi connectivity index (χ4v) is 3.09. The molecular weight excluding hydrogens is 344 g/mol. The summed E-state index contributed by atoms with van der Waals surface area (Å²) in [4.78, 5) is 1.13. The Labute approximate surface area is 130 Å². The predicted octanol–water partition coefficient (Wildman–Crippen LogP) is 4.12. The van der Waals surface area contributed by atoms with Crippen molar-refractivity contribution in [3.63, 3.8) is 0 Å². The van der Waals surface area contributed by atoms with Crippen molar-refractivity contribution in [3.8, 4) is 23.0 Å². The summed E-state index contributed by atoms with van der Waals surface area (Å²) in [7, 11) is 4.74. The molecule has 0 N–H and O–H groups in total. The summed E-state index contributed by atoms with van der Waals surface area (Å²) in [5, 5.41) is 2.02. The summed E-state index contributed by atoms with van der Waals surface area (Å²) in [5.41, 5.74) is 0. The van der Waals surface area contributed by atoms with Gasteiger partial charge in [-0.05, 0) is 22.0 Å². The van der Waals surface area contributed by atoms with Crippen molar-refractivity contribution in [1.29, 1.82) is 0 Å². The molecule has 4 nitrogen and oxygen atoms in total. The molecule has 0 amide bonds. The van der Waals surface area contributed by atoms with Crippen molar-refractivity contribution in [2.75, 3.05) is 21.3 Å². The molecule has 0 spiro atoms. The molecule has 108 valence electrons. The second-order valence-electron chi connectivity index (χ2n) is 3.88. The van der Waals surface area contributed by atoms with E-state index >= 15 is 0 Å². The van der Waals surface area contributed by atoms with Gasteiger partial charge in [0.2, 0.25) is 5.75 Å². The minimum Gasteiger partial charge on any atom is -0.493 e. The molecule has 1 aromatic carbocycles. The first-order valence-electron chi connectivity index (χ1n) is 5.83. The van der Waals surface area contributed by atoms with Crippen LogP contribution in [0.3, 0.4) is 0 Å². The molecule has 1 heterocycles. The fraction of sp³-hybridized carbons (Fsp3) is 0.286. The van der Waals surface area contributed by atoms with Crippen LogP contribution >= 0.6 is 27.3 Å². The average Bonchev–Trinajstić information content (AvgIpc) is 2.89. The zero-order valence-corrected chi connectivity index (χ0v) is 13.8. The number of halogens is 1. The fourth-order valence-electron chi connectivity index (χ4n) is 1.72. The lowest BCUT2D eigenvalue weighted by molar-refractivity contribution is 0.293. The SMILES string of the molecule is COc1cc(OCc2cc(Br)cs2)cc(OC)c1OC. The third-order valence-electron chi connectivity index (χ3n) is 2.64. The van der Waals surface area contributed by atoms with Gasteiger partial charge in [0.05, 0.1) is 21.3 Å². The zero-order chi connectivity index (χ0) is 14.5. The quantitative estimate of drug-likeness (QED) is 0.778. The van der Waals surface area contributed by atoms with E-state index in [0.29, 0.717) is 29.6 Å². The molecular formula is C14H15BrO4S. The average molecular weight is 359 g/mol. The van der Waals surface area contributed by atoms with Crippen LogP contribution in [0.1, 0.15) is 4.88 Å². The molecule has 0 aliphatic rings. The molecule has 0 fully saturated rings. The van der Waals surface area contributed by atoms with Crippen LogP contribution in [0.4, 0.5) is 0 Å². The van der Waals surface area contributed by atoms with Crippen molar-refractivity contribution in [2.45, 2.75) is 6.61 Å². The Morgan fingerprint density at radius 2 is 1.65 bits per heavy atom. The van der Waals surface area contributed by atoms with Crippen LogP contribution in [0.25, 0.3) is 0 Å². The summed E-state index contributed by atoms with van der Waals surface area (Å²) < 4.78 is 22.7. The minimum absolute atomic E-state index is 0.495. The molecule has 0 bridgehead atoms. The van der Waals surface area contributed by atoms with Gasteiger partial charge in [0.1, 0.15) is 12.4 Å². The largest absolute Gasteiger partial charge is 0.493 e. The summed E-state index contributed by atoms with van der Waals surface area (Å²) in [5.74, 6) is 2.38. The standard InChI is InChI=1S/C14H15BrO4S/c1-16-12-5-10(6-13(17-2)14(12)18-3)19-7-11-4-9(15)8-20-11/h4-6,8H,7H2,1-3H3. The van der Waals surface area contributed by atoms with E-state index in [2.05, 4.69) is 15.9 Å². The number of hydrogen-bond acceptors (Lipinski definition) is 5. The highest BCUT2D eigenvalue weighted by Crippen LogP contribution is 2.41. The maximum atomic E-state index is 5.76. The van der Waals surface area contributed by atoms with Crippen molar-refractivity contribution >= 4 is 27.3 Å². The number of methoxy groups -OCH3 is 3. The van der Waals surface area contributed by atoms with Crippen LogP contribution in [-0.4, -0.2) is 21.3 Å². The van der Waals surface area contributed by atoms with Gasteiger partial charge in [-0.1, -0.05) is 0 Å². The minimum atomic E-state index is 0.495. The molecule has 0 saturated heterocycles. The smallest absolute Gasteiger partial charge is 0.203 e. The van der Waals surface area contributed by atoms with Crippen molar-refractivity contribution in [2.24, 2.45) is 0 Å². The van der Waals surface area contributed by atoms with Crippen LogP contribution in [0.15, 0.2) is 28.1 Å². The van der Waals surface area contributed by atoms with Crippen molar-refractivity contribution in [1.82, 2.24) is 0 Å². The van der Waals surface area contributed by atoms with Gasteiger partial charge in [-0.15, -0.1) is 11.3 Å². The van der Waals surface area contributed by atoms with Crippen LogP contribution in [0.2, 0.25) is 0 Å². The Morgan fingerprint density at radius 3 is 2.10 bits per heavy atom. The highest BCUT2D eigenvalue weighted by atomic mass is 79.9. The Kier molecular flexibility index (Phi) is 5.14. The maximum absolute atomic E-state index is 5.76. The van der Waals surface area contributed by atoms with Gasteiger partial charge in [0.25, 0.3) is 0 Å². The molecule has 0 atom stereocenters. The van der Waals surface area contributed by atoms with Crippen molar-refractivity contribution < 1.29 is 18.9 Å². The Balaban J connectivity index is 2.19. The lowest BCUT2D eigenvalue weighted by atomic mass is 10.2. The van der Waals surface area contributed by atoms with Crippen LogP contribution in [-0.2, 0) is 6.61 Å². The van der Waals surface area contributed by atoms with E-state index in [1.807, 2.05) is 11.4 Å². The molecule has 0 unspecified atom stereocenters. The number of thiophene rings is 1. The van der Waals surface area contributed by atoms with Crippen LogP contribution < -0.4 is 18.9 Å². The molecule has 0 saturated carbocycles. The van der Waals surface area contributed by atoms with Gasteiger partial charge in [-0.25, -0.2) is 0 Å². The van der Waals surface area contributed by atoms with Gasteiger partial charge in [-0.2, -0.15) is 0 Å². The number of benzene rings is 1. The molecule has 1 aromatic heterocycles. The first-order chi connectivity index (χ1) is 9.67. The predicted molar refractivity (Wildman–Crippen MR) is 82.4 cm³/mol. The molecule has 0 radical (unpaired) electrons. The van der Waals surface area contributed by atoms with E-state index in [1.165, 1.54) is 0 Å². The van der Waals surface area contributed by atoms with Gasteiger partial charge >= 0.3 is 0 Å². The van der Waals surface area contributed by atoms with E-state index in [0.717, 1.165) is 9.35 Å². The molecule has 6 heteroatoms. The number of hydrogen-bond donors (Lipinski definition) is 0. The summed E-state index contributed by atoms with van der Waals surface area (Å²) >= 11 is 5.06. The maximum Gasteiger partial charge on any atom is 0.203 e. The molecule has 2 aromatic rings. The van der Waals surface area contributed by atoms with Gasteiger partial charge in [-0.3, -0.25) is 0 Å². The van der Waals surface area contributed by atoms with Crippen molar-refractivity contribution in [3.05, 3.63) is 32.9 Å². The van der Waals surface area contributed by atoms with Crippen LogP contribution in [0, 0.1) is 0 Å². The van der Waals surface area contributed by atoms with Gasteiger partial charge < -0.3 is 18.9 Å². The monoisotopic (exact) mass is 358 g/mol. The zero-order valence-electron chi connectivity index (χ0n) is 11.4. The third-order valence-corrected chi connectivity index (χ3v) is 4.31. The molecule has 20 heavy (non-hydrogen) atoms. The lowest BCUT2D eigenvalue weighted by Gasteiger charge is -2.14. The van der Waals surface area contributed by atoms with E-state index < -0.39 is 0 Å². The van der Waals surface area contributed by atoms with E-state index in [4.69, 9.17) is 18.9 Å². The number of ether oxygens (including phenoxy) is 4. The Hall–Kier alpha value is -1.40. The van der Waals surface area contributed by atoms with Crippen LogP contribution in [0.5, 0.6) is 23.0 Å². The lowest BCUT2D eigenvalue weighted by Crippen LogP contribution is -1.98. The topological polar surface area (TPSA) is 36.9 Å². The first kappa shape index (κ1) is 15.0. The molecule has 0 aliphatic carbocycles. The van der Waals surface area contributed by atoms with E-state index in [1.54, 1.807) is 44.8 Å². The van der Waals surface area contributed by atoms with Gasteiger partial charge in [0, 0.05) is 26.9 Å². The molecule has 2 rings (SSSR count). The Bertz CT molecular complexity index is 557. The summed E-state index contributed by atoms with van der Waals surface area (Å²) in [6.45, 7) is 0.495. The number of rotatable bonds is 6. The second-order valence-corrected chi connectivity index (χ2v) is 5.79. The summed E-state index contributed by atoms with van der Waals surface area (Å²) in [6, 6.07) is 5.59. The normalized spacial score (nSPS) is 10.2. The second kappa shape index (κ2) is 6.85. The Morgan fingerprint density at radius 1 is 1.00 bits per heavy atom. The summed E-state index contributed by atoms with van der Waals surface area (Å²) in [6.07, 6.45) is 0. The highest BCUT2D eigenvalue weighted by Gasteiger charge is 2.14. The molecule has 0 aliphatic heterocycles. The third kappa shape index (κ3) is 3.37. The van der Waals surface area contributed by atoms with E-state index in [9.17, 15) is 0 Å². The van der Waals surface area contributed by atoms with Gasteiger partial charge in [0.15, 0.2) is 11.5 Å². The highest BCUT2D eigenvalue weighted by molar-refractivity contribution is 9.10. The first-order valence-corrected chi connectivity index (χ1v) is 7.51. The van der Waals surface area contributed by atoms with E-state index in [-0.39, 0.29) is 0 Å².